The Bertz CT molecular complexity index is 1730. The van der Waals surface area contributed by atoms with E-state index in [9.17, 15) is 14.7 Å². The van der Waals surface area contributed by atoms with Crippen molar-refractivity contribution >= 4 is 29.5 Å². The largest absolute Gasteiger partial charge is 0.508 e. The first kappa shape index (κ1) is 34.5. The van der Waals surface area contributed by atoms with Gasteiger partial charge in [-0.25, -0.2) is 0 Å². The fraction of sp³-hybridized carbons (Fsp3) is 0.429. The topological polar surface area (TPSA) is 79.3 Å². The molecule has 0 radical (unpaired) electrons. The van der Waals surface area contributed by atoms with Crippen LogP contribution in [0.5, 0.6) is 11.5 Å². The van der Waals surface area contributed by atoms with E-state index in [0.717, 1.165) is 75.0 Å². The molecule has 0 unspecified atom stereocenters. The summed E-state index contributed by atoms with van der Waals surface area (Å²) in [4.78, 5) is 32.6. The molecule has 0 saturated carbocycles. The molecule has 262 valence electrons. The van der Waals surface area contributed by atoms with Crippen molar-refractivity contribution in [2.45, 2.75) is 70.6 Å². The van der Waals surface area contributed by atoms with Gasteiger partial charge in [-0.3, -0.25) is 19.4 Å². The fourth-order valence-electron chi connectivity index (χ4n) is 8.61. The summed E-state index contributed by atoms with van der Waals surface area (Å²) in [5, 5.41) is 10.4. The number of ether oxygens (including phenoxy) is 2. The van der Waals surface area contributed by atoms with Crippen LogP contribution in [0.15, 0.2) is 95.6 Å². The van der Waals surface area contributed by atoms with Gasteiger partial charge >= 0.3 is 0 Å². The number of hydrogen-bond donors (Lipinski definition) is 1. The maximum Gasteiger partial charge on any atom is 0.234 e. The molecule has 3 fully saturated rings. The number of hydrogen-bond acceptors (Lipinski definition) is 6. The molecule has 3 aromatic carbocycles. The molecule has 2 amide bonds. The lowest BCUT2D eigenvalue weighted by molar-refractivity contribution is -0.144. The first-order valence-corrected chi connectivity index (χ1v) is 18.6. The summed E-state index contributed by atoms with van der Waals surface area (Å²) in [6.07, 6.45) is 7.61. The third-order valence-electron chi connectivity index (χ3n) is 11.0. The summed E-state index contributed by atoms with van der Waals surface area (Å²) >= 11 is 6.46. The lowest BCUT2D eigenvalue weighted by Crippen LogP contribution is -2.47. The molecule has 0 bridgehead atoms. The van der Waals surface area contributed by atoms with Crippen LogP contribution in [0.25, 0.3) is 6.08 Å². The van der Waals surface area contributed by atoms with Crippen molar-refractivity contribution in [1.29, 1.82) is 0 Å². The molecule has 50 heavy (non-hydrogen) atoms. The van der Waals surface area contributed by atoms with E-state index in [4.69, 9.17) is 21.1 Å². The maximum atomic E-state index is 14.3. The molecule has 3 aromatic rings. The fourth-order valence-corrected chi connectivity index (χ4v) is 8.84. The number of amides is 2. The van der Waals surface area contributed by atoms with Crippen LogP contribution < -0.4 is 4.74 Å². The smallest absolute Gasteiger partial charge is 0.234 e. The minimum absolute atomic E-state index is 0.00942. The molecule has 3 aliphatic heterocycles. The van der Waals surface area contributed by atoms with Crippen LogP contribution in [-0.2, 0) is 20.9 Å². The van der Waals surface area contributed by atoms with E-state index in [1.807, 2.05) is 42.5 Å². The zero-order chi connectivity index (χ0) is 34.6. The highest BCUT2D eigenvalue weighted by molar-refractivity contribution is 6.32. The number of carbonyl (C=O) groups is 2. The van der Waals surface area contributed by atoms with Gasteiger partial charge in [0.1, 0.15) is 18.1 Å². The lowest BCUT2D eigenvalue weighted by atomic mass is 9.69. The number of likely N-dealkylation sites (tertiary alicyclic amines) is 2. The molecule has 4 atom stereocenters. The van der Waals surface area contributed by atoms with Gasteiger partial charge in [-0.2, -0.15) is 0 Å². The van der Waals surface area contributed by atoms with Gasteiger partial charge in [0, 0.05) is 31.6 Å². The molecule has 4 aliphatic rings. The minimum Gasteiger partial charge on any atom is -0.508 e. The molecule has 1 N–H and O–H groups in total. The monoisotopic (exact) mass is 694 g/mol. The number of benzene rings is 3. The second-order valence-electron chi connectivity index (χ2n) is 14.3. The average molecular weight is 695 g/mol. The molecule has 0 spiro atoms. The van der Waals surface area contributed by atoms with Gasteiger partial charge in [-0.05, 0) is 91.1 Å². The van der Waals surface area contributed by atoms with Crippen molar-refractivity contribution in [3.05, 3.63) is 112 Å². The molecule has 3 saturated heterocycles. The molecule has 7 rings (SSSR count). The van der Waals surface area contributed by atoms with Crippen molar-refractivity contribution in [3.63, 3.8) is 0 Å². The normalized spacial score (nSPS) is 24.5. The van der Waals surface area contributed by atoms with Gasteiger partial charge in [0.05, 0.1) is 29.6 Å². The molecule has 1 aliphatic carbocycles. The Balaban J connectivity index is 1.09. The van der Waals surface area contributed by atoms with Crippen LogP contribution in [0.2, 0.25) is 5.02 Å². The zero-order valence-corrected chi connectivity index (χ0v) is 29.6. The van der Waals surface area contributed by atoms with Gasteiger partial charge in [0.2, 0.25) is 11.8 Å². The van der Waals surface area contributed by atoms with Crippen molar-refractivity contribution < 1.29 is 24.2 Å². The maximum absolute atomic E-state index is 14.3. The van der Waals surface area contributed by atoms with Crippen molar-refractivity contribution in [3.8, 4) is 11.5 Å². The molecular weight excluding hydrogens is 648 g/mol. The second-order valence-corrected chi connectivity index (χ2v) is 14.7. The number of halogens is 1. The molecule has 7 nitrogen and oxygen atoms in total. The highest BCUT2D eigenvalue weighted by Crippen LogP contribution is 2.51. The summed E-state index contributed by atoms with van der Waals surface area (Å²) < 4.78 is 12.9. The number of aromatic hydroxyl groups is 1. The Morgan fingerprint density at radius 2 is 1.70 bits per heavy atom. The van der Waals surface area contributed by atoms with E-state index in [2.05, 4.69) is 42.2 Å². The van der Waals surface area contributed by atoms with Crippen molar-refractivity contribution in [1.82, 2.24) is 9.80 Å². The van der Waals surface area contributed by atoms with E-state index >= 15 is 0 Å². The van der Waals surface area contributed by atoms with Crippen LogP contribution in [0.4, 0.5) is 0 Å². The van der Waals surface area contributed by atoms with Crippen LogP contribution in [-0.4, -0.2) is 65.2 Å². The van der Waals surface area contributed by atoms with Crippen LogP contribution in [0.1, 0.15) is 63.0 Å². The third kappa shape index (κ3) is 7.41. The number of phenolic OH excluding ortho intramolecular Hbond substituents is 1. The average Bonchev–Trinajstić information content (AvgIpc) is 3.66. The zero-order valence-electron chi connectivity index (χ0n) is 28.8. The second kappa shape index (κ2) is 15.5. The first-order chi connectivity index (χ1) is 24.4. The number of nitrogens with zero attached hydrogens (tertiary/aromatic N) is 2. The Kier molecular flexibility index (Phi) is 10.7. The third-order valence-corrected chi connectivity index (χ3v) is 11.3. The summed E-state index contributed by atoms with van der Waals surface area (Å²) in [6, 6.07) is 25.3. The van der Waals surface area contributed by atoms with Gasteiger partial charge in [-0.1, -0.05) is 85.1 Å². The highest BCUT2D eigenvalue weighted by Gasteiger charge is 2.58. The number of para-hydroxylation sites is 1. The summed E-state index contributed by atoms with van der Waals surface area (Å²) in [5.41, 5.74) is 5.70. The number of carbonyl (C=O) groups excluding carboxylic acids is 2. The summed E-state index contributed by atoms with van der Waals surface area (Å²) in [7, 11) is 0. The number of fused-ring (bicyclic) bond motifs is 3. The van der Waals surface area contributed by atoms with Crippen molar-refractivity contribution in [2.75, 3.05) is 26.3 Å². The van der Waals surface area contributed by atoms with Gasteiger partial charge in [0.25, 0.3) is 0 Å². The molecular formula is C42H47ClN2O5. The summed E-state index contributed by atoms with van der Waals surface area (Å²) in [6.45, 7) is 5.59. The van der Waals surface area contributed by atoms with Crippen molar-refractivity contribution in [2.24, 2.45) is 17.8 Å². The first-order valence-electron chi connectivity index (χ1n) is 18.2. The standard InChI is InChI=1S/C42H47ClN2O5/c1-2-9-28(22-30-15-16-33(46)24-37(30)43)14-17-38-39-31(26-49-34-12-7-4-8-13-34)23-35-40(36(39)27-50-38)42(48)45(41(35)47)32-18-20-44(21-19-32)25-29-10-5-3-6-11-29/h3-8,10-13,15-16,22,24,32,35-36,38,40,46H,2,9,14,17-21,23,25-27H2,1H3/b28-22+/t35-,36+,38-,40-/m1/s1. The number of piperidine rings is 1. The molecule has 3 heterocycles. The Morgan fingerprint density at radius 3 is 2.42 bits per heavy atom. The number of phenols is 1. The number of imide groups is 1. The van der Waals surface area contributed by atoms with Crippen LogP contribution >= 0.6 is 11.6 Å². The van der Waals surface area contributed by atoms with E-state index in [-0.39, 0.29) is 47.5 Å². The van der Waals surface area contributed by atoms with Gasteiger partial charge in [-0.15, -0.1) is 0 Å². The van der Waals surface area contributed by atoms with Gasteiger partial charge in [0.15, 0.2) is 0 Å². The predicted octanol–water partition coefficient (Wildman–Crippen LogP) is 8.07. The van der Waals surface area contributed by atoms with E-state index in [1.165, 1.54) is 16.7 Å². The Morgan fingerprint density at radius 1 is 0.960 bits per heavy atom. The summed E-state index contributed by atoms with van der Waals surface area (Å²) in [5.74, 6) is 0.0259. The predicted molar refractivity (Wildman–Crippen MR) is 196 cm³/mol. The molecule has 8 heteroatoms. The quantitative estimate of drug-likeness (QED) is 0.153. The number of allylic oxidation sites excluding steroid dienone is 1. The van der Waals surface area contributed by atoms with Crippen LogP contribution in [0.3, 0.4) is 0 Å². The Labute approximate surface area is 300 Å². The lowest BCUT2D eigenvalue weighted by Gasteiger charge is -2.36. The minimum atomic E-state index is -0.383. The van der Waals surface area contributed by atoms with E-state index < -0.39 is 0 Å². The SMILES string of the molecule is CCC/C(=C\c1ccc(O)cc1Cl)CC[C@H]1OC[C@H]2C1=C(COc1ccccc1)C[C@H]1C(=O)N(C3CCN(Cc4ccccc4)CC3)C(=O)[C@H]12. The Hall–Kier alpha value is -3.91. The highest BCUT2D eigenvalue weighted by atomic mass is 35.5. The van der Waals surface area contributed by atoms with E-state index in [1.54, 1.807) is 17.0 Å². The molecule has 0 aromatic heterocycles. The van der Waals surface area contributed by atoms with Gasteiger partial charge < -0.3 is 14.6 Å². The van der Waals surface area contributed by atoms with Crippen LogP contribution in [0, 0.1) is 17.8 Å². The number of rotatable bonds is 12. The van der Waals surface area contributed by atoms with E-state index in [0.29, 0.717) is 24.7 Å².